The third-order valence-corrected chi connectivity index (χ3v) is 2.98. The number of rotatable bonds is 3. The molecule has 2 rings (SSSR count). The van der Waals surface area contributed by atoms with Gasteiger partial charge in [0.2, 0.25) is 11.0 Å². The summed E-state index contributed by atoms with van der Waals surface area (Å²) in [5.74, 6) is 0.303. The van der Waals surface area contributed by atoms with E-state index < -0.39 is 0 Å². The van der Waals surface area contributed by atoms with Crippen LogP contribution in [-0.4, -0.2) is 22.0 Å². The van der Waals surface area contributed by atoms with E-state index in [1.807, 2.05) is 0 Å². The maximum atomic E-state index is 10.9. The molecular weight excluding hydrogens is 210 g/mol. The van der Waals surface area contributed by atoms with Crippen molar-refractivity contribution in [3.63, 3.8) is 0 Å². The minimum atomic E-state index is -0.236. The van der Waals surface area contributed by atoms with E-state index in [1.165, 1.54) is 24.2 Å². The number of hydrogen-bond donors (Lipinski definition) is 1. The number of aromatic nitrogens is 2. The van der Waals surface area contributed by atoms with Crippen LogP contribution in [0.3, 0.4) is 0 Å². The Morgan fingerprint density at radius 3 is 3.00 bits per heavy atom. The quantitative estimate of drug-likeness (QED) is 0.783. The largest absolute Gasteiger partial charge is 0.299 e. The number of amides is 1. The van der Waals surface area contributed by atoms with Crippen LogP contribution in [0.15, 0.2) is 0 Å². The number of hydrogen-bond acceptors (Lipinski definition) is 4. The molecule has 0 aliphatic heterocycles. The average Bonchev–Trinajstić information content (AvgIpc) is 2.88. The zero-order valence-electron chi connectivity index (χ0n) is 6.79. The van der Waals surface area contributed by atoms with E-state index in [0.717, 1.165) is 5.01 Å². The first-order valence-corrected chi connectivity index (χ1v) is 5.34. The smallest absolute Gasteiger partial charge is 0.241 e. The average molecular weight is 218 g/mol. The molecule has 1 aromatic rings. The zero-order chi connectivity index (χ0) is 9.26. The number of nitrogens with zero attached hydrogens (tertiary/aromatic N) is 2. The van der Waals surface area contributed by atoms with E-state index in [4.69, 9.17) is 11.6 Å². The molecule has 1 N–H and O–H groups in total. The van der Waals surface area contributed by atoms with Gasteiger partial charge in [0.1, 0.15) is 10.9 Å². The summed E-state index contributed by atoms with van der Waals surface area (Å²) in [5, 5.41) is 12.0. The number of alkyl halides is 1. The Bertz CT molecular complexity index is 323. The van der Waals surface area contributed by atoms with Crippen LogP contribution in [0.25, 0.3) is 0 Å². The van der Waals surface area contributed by atoms with Gasteiger partial charge < -0.3 is 0 Å². The van der Waals surface area contributed by atoms with Crippen molar-refractivity contribution in [3.05, 3.63) is 5.01 Å². The summed E-state index contributed by atoms with van der Waals surface area (Å²) in [5.41, 5.74) is 0. The van der Waals surface area contributed by atoms with Crippen molar-refractivity contribution < 1.29 is 4.79 Å². The zero-order valence-corrected chi connectivity index (χ0v) is 8.36. The first-order chi connectivity index (χ1) is 6.29. The Labute approximate surface area is 84.3 Å². The maximum absolute atomic E-state index is 10.9. The van der Waals surface area contributed by atoms with Crippen LogP contribution in [0.4, 0.5) is 5.13 Å². The van der Waals surface area contributed by atoms with Crippen LogP contribution >= 0.6 is 22.9 Å². The van der Waals surface area contributed by atoms with E-state index >= 15 is 0 Å². The fraction of sp³-hybridized carbons (Fsp3) is 0.571. The van der Waals surface area contributed by atoms with Crippen molar-refractivity contribution in [2.75, 3.05) is 11.2 Å². The van der Waals surface area contributed by atoms with Crippen LogP contribution < -0.4 is 5.32 Å². The summed E-state index contributed by atoms with van der Waals surface area (Å²) in [6.07, 6.45) is 2.39. The number of nitrogens with one attached hydrogen (secondary N) is 1. The van der Waals surface area contributed by atoms with E-state index in [9.17, 15) is 4.79 Å². The molecule has 0 radical (unpaired) electrons. The maximum Gasteiger partial charge on any atom is 0.241 e. The van der Waals surface area contributed by atoms with E-state index in [0.29, 0.717) is 11.0 Å². The Morgan fingerprint density at radius 1 is 1.62 bits per heavy atom. The summed E-state index contributed by atoms with van der Waals surface area (Å²) in [6.45, 7) is 0. The van der Waals surface area contributed by atoms with Crippen LogP contribution in [0.1, 0.15) is 23.8 Å². The van der Waals surface area contributed by atoms with Gasteiger partial charge in [-0.1, -0.05) is 11.3 Å². The molecule has 0 atom stereocenters. The summed E-state index contributed by atoms with van der Waals surface area (Å²) >= 11 is 6.76. The molecule has 13 heavy (non-hydrogen) atoms. The van der Waals surface area contributed by atoms with Crippen LogP contribution in [0.5, 0.6) is 0 Å². The molecule has 70 valence electrons. The van der Waals surface area contributed by atoms with Crippen molar-refractivity contribution in [1.29, 1.82) is 0 Å². The van der Waals surface area contributed by atoms with Gasteiger partial charge in [-0.3, -0.25) is 10.1 Å². The normalized spacial score (nSPS) is 15.8. The molecular formula is C7H8ClN3OS. The fourth-order valence-corrected chi connectivity index (χ4v) is 1.93. The highest BCUT2D eigenvalue weighted by molar-refractivity contribution is 7.15. The van der Waals surface area contributed by atoms with Crippen molar-refractivity contribution in [2.45, 2.75) is 18.8 Å². The van der Waals surface area contributed by atoms with Gasteiger partial charge in [-0.15, -0.1) is 21.8 Å². The molecule has 1 amide bonds. The van der Waals surface area contributed by atoms with Gasteiger partial charge in [-0.05, 0) is 12.8 Å². The Morgan fingerprint density at radius 2 is 2.38 bits per heavy atom. The van der Waals surface area contributed by atoms with Gasteiger partial charge in [-0.2, -0.15) is 0 Å². The summed E-state index contributed by atoms with van der Waals surface area (Å²) in [6, 6.07) is 0. The minimum Gasteiger partial charge on any atom is -0.299 e. The number of halogens is 1. The van der Waals surface area contributed by atoms with Crippen molar-refractivity contribution in [3.8, 4) is 0 Å². The first kappa shape index (κ1) is 8.90. The Balaban J connectivity index is 2.00. The van der Waals surface area contributed by atoms with Gasteiger partial charge in [0.25, 0.3) is 0 Å². The van der Waals surface area contributed by atoms with E-state index in [2.05, 4.69) is 15.5 Å². The first-order valence-electron chi connectivity index (χ1n) is 3.99. The van der Waals surface area contributed by atoms with Gasteiger partial charge >= 0.3 is 0 Å². The summed E-state index contributed by atoms with van der Waals surface area (Å²) < 4.78 is 0. The lowest BCUT2D eigenvalue weighted by Crippen LogP contribution is -2.12. The molecule has 0 saturated heterocycles. The second-order valence-corrected chi connectivity index (χ2v) is 4.18. The highest BCUT2D eigenvalue weighted by Gasteiger charge is 2.27. The van der Waals surface area contributed by atoms with Crippen LogP contribution in [0, 0.1) is 0 Å². The number of anilines is 1. The van der Waals surface area contributed by atoms with Gasteiger partial charge in [0.05, 0.1) is 0 Å². The highest BCUT2D eigenvalue weighted by Crippen LogP contribution is 2.41. The van der Waals surface area contributed by atoms with Crippen molar-refractivity contribution >= 4 is 34.0 Å². The van der Waals surface area contributed by atoms with Crippen LogP contribution in [0.2, 0.25) is 0 Å². The standard InChI is InChI=1S/C7H8ClN3OS/c8-3-5(12)9-7-11-10-6(13-7)4-1-2-4/h4H,1-3H2,(H,9,11,12). The van der Waals surface area contributed by atoms with E-state index in [1.54, 1.807) is 0 Å². The highest BCUT2D eigenvalue weighted by atomic mass is 35.5. The molecule has 1 saturated carbocycles. The molecule has 1 fully saturated rings. The topological polar surface area (TPSA) is 54.9 Å². The lowest BCUT2D eigenvalue weighted by molar-refractivity contribution is -0.113. The van der Waals surface area contributed by atoms with Crippen molar-refractivity contribution in [2.24, 2.45) is 0 Å². The third kappa shape index (κ3) is 2.16. The van der Waals surface area contributed by atoms with Gasteiger partial charge in [0, 0.05) is 5.92 Å². The summed E-state index contributed by atoms with van der Waals surface area (Å²) in [4.78, 5) is 10.9. The molecule has 1 aromatic heterocycles. The summed E-state index contributed by atoms with van der Waals surface area (Å²) in [7, 11) is 0. The molecule has 0 bridgehead atoms. The third-order valence-electron chi connectivity index (χ3n) is 1.73. The van der Waals surface area contributed by atoms with E-state index in [-0.39, 0.29) is 11.8 Å². The van der Waals surface area contributed by atoms with Crippen LogP contribution in [-0.2, 0) is 4.79 Å². The SMILES string of the molecule is O=C(CCl)Nc1nnc(C2CC2)s1. The molecule has 1 aliphatic rings. The molecule has 4 nitrogen and oxygen atoms in total. The van der Waals surface area contributed by atoms with Crippen molar-refractivity contribution in [1.82, 2.24) is 10.2 Å². The minimum absolute atomic E-state index is 0.0433. The second-order valence-electron chi connectivity index (χ2n) is 2.90. The molecule has 1 aliphatic carbocycles. The number of carbonyl (C=O) groups excluding carboxylic acids is 1. The molecule has 6 heteroatoms. The monoisotopic (exact) mass is 217 g/mol. The lowest BCUT2D eigenvalue weighted by atomic mass is 10.5. The molecule has 0 unspecified atom stereocenters. The predicted molar refractivity (Wildman–Crippen MR) is 51.2 cm³/mol. The Hall–Kier alpha value is -0.680. The number of carbonyl (C=O) groups is 1. The molecule has 0 spiro atoms. The Kier molecular flexibility index (Phi) is 2.46. The van der Waals surface area contributed by atoms with Gasteiger partial charge in [-0.25, -0.2) is 0 Å². The second kappa shape index (κ2) is 3.59. The predicted octanol–water partition coefficient (Wildman–Crippen LogP) is 1.59. The van der Waals surface area contributed by atoms with Gasteiger partial charge in [0.15, 0.2) is 0 Å². The molecule has 1 heterocycles. The fourth-order valence-electron chi connectivity index (χ4n) is 0.933. The lowest BCUT2D eigenvalue weighted by Gasteiger charge is -1.93. The molecule has 0 aromatic carbocycles.